The van der Waals surface area contributed by atoms with E-state index in [9.17, 15) is 4.39 Å². The first-order chi connectivity index (χ1) is 9.10. The summed E-state index contributed by atoms with van der Waals surface area (Å²) in [6.07, 6.45) is 2.06. The van der Waals surface area contributed by atoms with Crippen molar-refractivity contribution < 1.29 is 4.39 Å². The van der Waals surface area contributed by atoms with Crippen LogP contribution in [0.15, 0.2) is 45.8 Å². The van der Waals surface area contributed by atoms with Crippen molar-refractivity contribution in [2.45, 2.75) is 18.4 Å². The van der Waals surface area contributed by atoms with Crippen LogP contribution >= 0.6 is 27.7 Å². The van der Waals surface area contributed by atoms with Crippen LogP contribution in [0.3, 0.4) is 0 Å². The molecule has 0 aliphatic carbocycles. The highest BCUT2D eigenvalue weighted by molar-refractivity contribution is 9.10. The highest BCUT2D eigenvalue weighted by Crippen LogP contribution is 2.25. The Kier molecular flexibility index (Phi) is 4.88. The Hall–Kier alpha value is -1.00. The number of rotatable bonds is 4. The van der Waals surface area contributed by atoms with Gasteiger partial charge in [-0.2, -0.15) is 0 Å². The van der Waals surface area contributed by atoms with E-state index in [1.807, 2.05) is 6.92 Å². The minimum absolute atomic E-state index is 0.229. The molecular formula is C15H15BrFNS. The minimum Gasteiger partial charge on any atom is -0.381 e. The Morgan fingerprint density at radius 3 is 2.53 bits per heavy atom. The summed E-state index contributed by atoms with van der Waals surface area (Å²) < 4.78 is 13.8. The van der Waals surface area contributed by atoms with Gasteiger partial charge in [0.05, 0.1) is 4.47 Å². The summed E-state index contributed by atoms with van der Waals surface area (Å²) in [5.74, 6) is -0.229. The summed E-state index contributed by atoms with van der Waals surface area (Å²) in [4.78, 5) is 1.25. The Bertz CT molecular complexity index is 569. The second-order valence-electron chi connectivity index (χ2n) is 4.28. The summed E-state index contributed by atoms with van der Waals surface area (Å²) in [7, 11) is 0. The fourth-order valence-corrected chi connectivity index (χ4v) is 2.53. The second-order valence-corrected chi connectivity index (χ2v) is 6.02. The highest BCUT2D eigenvalue weighted by Gasteiger charge is 2.05. The quantitative estimate of drug-likeness (QED) is 0.765. The maximum atomic E-state index is 13.3. The molecule has 0 bridgehead atoms. The van der Waals surface area contributed by atoms with Crippen LogP contribution in [0.25, 0.3) is 0 Å². The lowest BCUT2D eigenvalue weighted by atomic mass is 10.1. The third kappa shape index (κ3) is 3.74. The van der Waals surface area contributed by atoms with Gasteiger partial charge in [-0.25, -0.2) is 4.39 Å². The molecule has 4 heteroatoms. The van der Waals surface area contributed by atoms with Gasteiger partial charge in [-0.15, -0.1) is 11.8 Å². The lowest BCUT2D eigenvalue weighted by molar-refractivity contribution is 0.620. The standard InChI is InChI=1S/C15H15BrFNS/c1-10-7-14(17)13(16)8-15(10)18-9-11-3-5-12(19-2)6-4-11/h3-8,18H,9H2,1-2H3. The number of hydrogen-bond donors (Lipinski definition) is 1. The van der Waals surface area contributed by atoms with Gasteiger partial charge in [0.1, 0.15) is 5.82 Å². The normalized spacial score (nSPS) is 10.5. The second kappa shape index (κ2) is 6.44. The van der Waals surface area contributed by atoms with Gasteiger partial charge in [-0.05, 0) is 64.5 Å². The van der Waals surface area contributed by atoms with Crippen molar-refractivity contribution in [3.8, 4) is 0 Å². The largest absolute Gasteiger partial charge is 0.381 e. The average molecular weight is 340 g/mol. The monoisotopic (exact) mass is 339 g/mol. The van der Waals surface area contributed by atoms with Gasteiger partial charge < -0.3 is 5.32 Å². The molecule has 2 rings (SSSR count). The predicted molar refractivity (Wildman–Crippen MR) is 84.4 cm³/mol. The molecule has 0 amide bonds. The first-order valence-corrected chi connectivity index (χ1v) is 7.94. The lowest BCUT2D eigenvalue weighted by Crippen LogP contribution is -2.01. The van der Waals surface area contributed by atoms with Gasteiger partial charge in [-0.1, -0.05) is 12.1 Å². The molecule has 0 atom stereocenters. The first-order valence-electron chi connectivity index (χ1n) is 5.92. The van der Waals surface area contributed by atoms with Crippen LogP contribution in [0.1, 0.15) is 11.1 Å². The highest BCUT2D eigenvalue weighted by atomic mass is 79.9. The number of benzene rings is 2. The minimum atomic E-state index is -0.229. The number of anilines is 1. The van der Waals surface area contributed by atoms with Crippen LogP contribution in [0, 0.1) is 12.7 Å². The van der Waals surface area contributed by atoms with Gasteiger partial charge in [0.25, 0.3) is 0 Å². The van der Waals surface area contributed by atoms with E-state index in [1.165, 1.54) is 16.5 Å². The summed E-state index contributed by atoms with van der Waals surface area (Å²) in [5.41, 5.74) is 3.06. The molecule has 0 saturated carbocycles. The van der Waals surface area contributed by atoms with Gasteiger partial charge in [0, 0.05) is 17.1 Å². The third-order valence-corrected chi connectivity index (χ3v) is 4.26. The van der Waals surface area contributed by atoms with Crippen molar-refractivity contribution in [3.05, 3.63) is 57.8 Å². The van der Waals surface area contributed by atoms with E-state index in [0.717, 1.165) is 17.8 Å². The van der Waals surface area contributed by atoms with E-state index in [2.05, 4.69) is 51.8 Å². The smallest absolute Gasteiger partial charge is 0.137 e. The number of aryl methyl sites for hydroxylation is 1. The van der Waals surface area contributed by atoms with E-state index < -0.39 is 0 Å². The Morgan fingerprint density at radius 2 is 1.89 bits per heavy atom. The predicted octanol–water partition coefficient (Wildman–Crippen LogP) is 5.23. The number of hydrogen-bond acceptors (Lipinski definition) is 2. The van der Waals surface area contributed by atoms with E-state index in [1.54, 1.807) is 17.8 Å². The van der Waals surface area contributed by atoms with Crippen molar-refractivity contribution in [3.63, 3.8) is 0 Å². The van der Waals surface area contributed by atoms with Crippen molar-refractivity contribution in [2.75, 3.05) is 11.6 Å². The van der Waals surface area contributed by atoms with Crippen LogP contribution in [-0.4, -0.2) is 6.26 Å². The molecule has 2 aromatic rings. The zero-order valence-corrected chi connectivity index (χ0v) is 13.2. The van der Waals surface area contributed by atoms with E-state index in [4.69, 9.17) is 0 Å². The summed E-state index contributed by atoms with van der Waals surface area (Å²) in [6.45, 7) is 2.63. The number of nitrogens with one attached hydrogen (secondary N) is 1. The fraction of sp³-hybridized carbons (Fsp3) is 0.200. The van der Waals surface area contributed by atoms with Crippen LogP contribution < -0.4 is 5.32 Å². The van der Waals surface area contributed by atoms with Gasteiger partial charge >= 0.3 is 0 Å². The molecule has 0 saturated heterocycles. The zero-order valence-electron chi connectivity index (χ0n) is 10.8. The molecule has 0 spiro atoms. The molecule has 1 nitrogen and oxygen atoms in total. The van der Waals surface area contributed by atoms with E-state index in [-0.39, 0.29) is 5.82 Å². The Morgan fingerprint density at radius 1 is 1.21 bits per heavy atom. The van der Waals surface area contributed by atoms with Crippen molar-refractivity contribution >= 4 is 33.4 Å². The molecule has 0 heterocycles. The van der Waals surface area contributed by atoms with Crippen LogP contribution in [-0.2, 0) is 6.54 Å². The topological polar surface area (TPSA) is 12.0 Å². The fourth-order valence-electron chi connectivity index (χ4n) is 1.78. The molecule has 0 radical (unpaired) electrons. The molecule has 100 valence electrons. The Balaban J connectivity index is 2.07. The zero-order chi connectivity index (χ0) is 13.8. The first kappa shape index (κ1) is 14.4. The molecule has 0 fully saturated rings. The molecule has 0 aliphatic rings. The summed E-state index contributed by atoms with van der Waals surface area (Å²) in [6, 6.07) is 11.7. The van der Waals surface area contributed by atoms with Crippen molar-refractivity contribution in [1.29, 1.82) is 0 Å². The van der Waals surface area contributed by atoms with Crippen molar-refractivity contribution in [1.82, 2.24) is 0 Å². The third-order valence-electron chi connectivity index (χ3n) is 2.91. The number of halogens is 2. The molecule has 1 N–H and O–H groups in total. The summed E-state index contributed by atoms with van der Waals surface area (Å²) >= 11 is 4.94. The van der Waals surface area contributed by atoms with Gasteiger partial charge in [-0.3, -0.25) is 0 Å². The lowest BCUT2D eigenvalue weighted by Gasteiger charge is -2.11. The molecular weight excluding hydrogens is 325 g/mol. The van der Waals surface area contributed by atoms with Crippen LogP contribution in [0.4, 0.5) is 10.1 Å². The molecule has 0 aromatic heterocycles. The molecule has 2 aromatic carbocycles. The van der Waals surface area contributed by atoms with E-state index in [0.29, 0.717) is 4.47 Å². The average Bonchev–Trinajstić information content (AvgIpc) is 2.42. The maximum Gasteiger partial charge on any atom is 0.137 e. The molecule has 19 heavy (non-hydrogen) atoms. The number of thioether (sulfide) groups is 1. The van der Waals surface area contributed by atoms with Crippen molar-refractivity contribution in [2.24, 2.45) is 0 Å². The maximum absolute atomic E-state index is 13.3. The Labute approximate surface area is 125 Å². The summed E-state index contributed by atoms with van der Waals surface area (Å²) in [5, 5.41) is 3.33. The van der Waals surface area contributed by atoms with Crippen LogP contribution in [0.2, 0.25) is 0 Å². The molecule has 0 unspecified atom stereocenters. The van der Waals surface area contributed by atoms with E-state index >= 15 is 0 Å². The van der Waals surface area contributed by atoms with Crippen LogP contribution in [0.5, 0.6) is 0 Å². The SMILES string of the molecule is CSc1ccc(CNc2cc(Br)c(F)cc2C)cc1. The molecule has 0 aliphatic heterocycles. The van der Waals surface area contributed by atoms with Gasteiger partial charge in [0.2, 0.25) is 0 Å². The van der Waals surface area contributed by atoms with Gasteiger partial charge in [0.15, 0.2) is 0 Å².